The zero-order valence-corrected chi connectivity index (χ0v) is 16.0. The third-order valence-corrected chi connectivity index (χ3v) is 6.73. The van der Waals surface area contributed by atoms with E-state index in [0.717, 1.165) is 5.69 Å². The van der Waals surface area contributed by atoms with Crippen molar-refractivity contribution in [1.29, 1.82) is 0 Å². The summed E-state index contributed by atoms with van der Waals surface area (Å²) in [5, 5.41) is 3.44. The lowest BCUT2D eigenvalue weighted by Gasteiger charge is -2.33. The summed E-state index contributed by atoms with van der Waals surface area (Å²) in [7, 11) is -3.61. The first kappa shape index (κ1) is 18.6. The Morgan fingerprint density at radius 1 is 1.07 bits per heavy atom. The predicted octanol–water partition coefficient (Wildman–Crippen LogP) is 1.51. The first-order valence-electron chi connectivity index (χ1n) is 9.03. The summed E-state index contributed by atoms with van der Waals surface area (Å²) in [6, 6.07) is 12.7. The van der Waals surface area contributed by atoms with Crippen molar-refractivity contribution < 1.29 is 13.2 Å². The van der Waals surface area contributed by atoms with E-state index in [1.807, 2.05) is 35.2 Å². The number of aromatic amines is 1. The Bertz CT molecular complexity index is 1070. The molecule has 1 aliphatic rings. The van der Waals surface area contributed by atoms with Gasteiger partial charge >= 0.3 is 0 Å². The molecule has 0 radical (unpaired) electrons. The molecule has 0 saturated carbocycles. The van der Waals surface area contributed by atoms with Crippen molar-refractivity contribution in [1.82, 2.24) is 19.2 Å². The molecule has 1 fully saturated rings. The van der Waals surface area contributed by atoms with Crippen LogP contribution in [0.2, 0.25) is 0 Å². The first-order valence-corrected chi connectivity index (χ1v) is 10.5. The zero-order chi connectivity index (χ0) is 19.6. The third-order valence-electron chi connectivity index (χ3n) is 4.79. The minimum absolute atomic E-state index is 0.106. The SMILES string of the molecule is O=C(CN1CCN(S(=O)(=O)c2c[nH]c3ncccc23)CC1)Nc1ccccc1. The van der Waals surface area contributed by atoms with Gasteiger partial charge in [0.05, 0.1) is 6.54 Å². The highest BCUT2D eigenvalue weighted by molar-refractivity contribution is 7.89. The van der Waals surface area contributed by atoms with Gasteiger partial charge in [0.2, 0.25) is 15.9 Å². The second kappa shape index (κ2) is 7.70. The van der Waals surface area contributed by atoms with Crippen LogP contribution < -0.4 is 5.32 Å². The number of aromatic nitrogens is 2. The van der Waals surface area contributed by atoms with E-state index in [4.69, 9.17) is 0 Å². The molecule has 2 aromatic heterocycles. The summed E-state index contributed by atoms with van der Waals surface area (Å²) < 4.78 is 27.5. The van der Waals surface area contributed by atoms with Crippen LogP contribution in [0, 0.1) is 0 Å². The average molecular weight is 399 g/mol. The van der Waals surface area contributed by atoms with Gasteiger partial charge in [-0.05, 0) is 24.3 Å². The third kappa shape index (κ3) is 3.77. The molecule has 1 aromatic carbocycles. The molecule has 4 rings (SSSR count). The number of carbonyl (C=O) groups is 1. The smallest absolute Gasteiger partial charge is 0.245 e. The van der Waals surface area contributed by atoms with Crippen molar-refractivity contribution in [3.63, 3.8) is 0 Å². The number of para-hydroxylation sites is 1. The number of amides is 1. The molecule has 9 heteroatoms. The maximum absolute atomic E-state index is 13.0. The number of carbonyl (C=O) groups excluding carboxylic acids is 1. The number of nitrogens with zero attached hydrogens (tertiary/aromatic N) is 3. The van der Waals surface area contributed by atoms with Crippen LogP contribution in [0.15, 0.2) is 59.8 Å². The molecule has 8 nitrogen and oxygen atoms in total. The van der Waals surface area contributed by atoms with Crippen LogP contribution in [0.4, 0.5) is 5.69 Å². The number of hydrogen-bond acceptors (Lipinski definition) is 5. The van der Waals surface area contributed by atoms with Crippen molar-refractivity contribution >= 4 is 32.7 Å². The topological polar surface area (TPSA) is 98.4 Å². The summed E-state index contributed by atoms with van der Waals surface area (Å²) in [6.07, 6.45) is 3.11. The second-order valence-electron chi connectivity index (χ2n) is 6.65. The van der Waals surface area contributed by atoms with E-state index < -0.39 is 10.0 Å². The summed E-state index contributed by atoms with van der Waals surface area (Å²) in [4.78, 5) is 21.5. The van der Waals surface area contributed by atoms with E-state index in [1.165, 1.54) is 10.5 Å². The molecule has 0 unspecified atom stereocenters. The molecule has 1 aliphatic heterocycles. The van der Waals surface area contributed by atoms with Gasteiger partial charge in [0.1, 0.15) is 10.5 Å². The Morgan fingerprint density at radius 3 is 2.57 bits per heavy atom. The maximum atomic E-state index is 13.0. The van der Waals surface area contributed by atoms with Gasteiger partial charge in [-0.3, -0.25) is 9.69 Å². The van der Waals surface area contributed by atoms with Crippen LogP contribution in [-0.2, 0) is 14.8 Å². The molecule has 3 aromatic rings. The lowest BCUT2D eigenvalue weighted by Crippen LogP contribution is -2.50. The highest BCUT2D eigenvalue weighted by atomic mass is 32.2. The summed E-state index contributed by atoms with van der Waals surface area (Å²) >= 11 is 0. The van der Waals surface area contributed by atoms with Gasteiger partial charge < -0.3 is 10.3 Å². The lowest BCUT2D eigenvalue weighted by atomic mass is 10.3. The number of rotatable bonds is 5. The molecule has 0 aliphatic carbocycles. The molecule has 0 atom stereocenters. The van der Waals surface area contributed by atoms with Crippen LogP contribution in [-0.4, -0.2) is 66.2 Å². The molecule has 2 N–H and O–H groups in total. The zero-order valence-electron chi connectivity index (χ0n) is 15.2. The molecule has 28 heavy (non-hydrogen) atoms. The van der Waals surface area contributed by atoms with E-state index in [0.29, 0.717) is 37.2 Å². The number of fused-ring (bicyclic) bond motifs is 1. The highest BCUT2D eigenvalue weighted by Gasteiger charge is 2.31. The fourth-order valence-corrected chi connectivity index (χ4v) is 4.91. The van der Waals surface area contributed by atoms with Crippen LogP contribution in [0.5, 0.6) is 0 Å². The van der Waals surface area contributed by atoms with Crippen LogP contribution in [0.1, 0.15) is 0 Å². The molecule has 146 valence electrons. The maximum Gasteiger partial charge on any atom is 0.245 e. The number of benzene rings is 1. The van der Waals surface area contributed by atoms with Crippen LogP contribution >= 0.6 is 0 Å². The Labute approximate surface area is 163 Å². The second-order valence-corrected chi connectivity index (χ2v) is 8.55. The van der Waals surface area contributed by atoms with E-state index >= 15 is 0 Å². The average Bonchev–Trinajstić information content (AvgIpc) is 3.14. The van der Waals surface area contributed by atoms with E-state index in [1.54, 1.807) is 18.3 Å². The normalized spacial score (nSPS) is 16.3. The van der Waals surface area contributed by atoms with E-state index in [2.05, 4.69) is 15.3 Å². The van der Waals surface area contributed by atoms with Gasteiger partial charge in [0.15, 0.2) is 0 Å². The number of hydrogen-bond donors (Lipinski definition) is 2. The largest absolute Gasteiger partial charge is 0.345 e. The number of piperazine rings is 1. The Hall–Kier alpha value is -2.75. The van der Waals surface area contributed by atoms with Gasteiger partial charge in [0.25, 0.3) is 0 Å². The quantitative estimate of drug-likeness (QED) is 0.678. The summed E-state index contributed by atoms with van der Waals surface area (Å²) in [5.41, 5.74) is 1.30. The minimum Gasteiger partial charge on any atom is -0.345 e. The molecule has 0 spiro atoms. The van der Waals surface area contributed by atoms with Crippen molar-refractivity contribution in [2.75, 3.05) is 38.0 Å². The molecule has 3 heterocycles. The summed E-state index contributed by atoms with van der Waals surface area (Å²) in [6.45, 7) is 1.92. The van der Waals surface area contributed by atoms with Crippen LogP contribution in [0.3, 0.4) is 0 Å². The molecular formula is C19H21N5O3S. The van der Waals surface area contributed by atoms with Crippen molar-refractivity contribution in [2.24, 2.45) is 0 Å². The summed E-state index contributed by atoms with van der Waals surface area (Å²) in [5.74, 6) is -0.106. The number of pyridine rings is 1. The molecule has 1 saturated heterocycles. The van der Waals surface area contributed by atoms with Crippen LogP contribution in [0.25, 0.3) is 11.0 Å². The fourth-order valence-electron chi connectivity index (χ4n) is 3.34. The molecule has 0 bridgehead atoms. The standard InChI is InChI=1S/C19H21N5O3S/c25-18(22-15-5-2-1-3-6-15)14-23-9-11-24(12-10-23)28(26,27)17-13-21-19-16(17)7-4-8-20-19/h1-8,13H,9-12,14H2,(H,20,21)(H,22,25). The monoisotopic (exact) mass is 399 g/mol. The predicted molar refractivity (Wildman–Crippen MR) is 106 cm³/mol. The van der Waals surface area contributed by atoms with E-state index in [-0.39, 0.29) is 17.3 Å². The lowest BCUT2D eigenvalue weighted by molar-refractivity contribution is -0.117. The number of anilines is 1. The first-order chi connectivity index (χ1) is 13.5. The Kier molecular flexibility index (Phi) is 5.12. The number of sulfonamides is 1. The molecular weight excluding hydrogens is 378 g/mol. The van der Waals surface area contributed by atoms with E-state index in [9.17, 15) is 13.2 Å². The van der Waals surface area contributed by atoms with Gasteiger partial charge in [0, 0.05) is 49.6 Å². The van der Waals surface area contributed by atoms with Gasteiger partial charge in [-0.15, -0.1) is 0 Å². The number of nitrogens with one attached hydrogen (secondary N) is 2. The Balaban J connectivity index is 1.38. The van der Waals surface area contributed by atoms with Gasteiger partial charge in [-0.2, -0.15) is 4.31 Å². The van der Waals surface area contributed by atoms with Crippen molar-refractivity contribution in [3.05, 3.63) is 54.9 Å². The van der Waals surface area contributed by atoms with Crippen molar-refractivity contribution in [2.45, 2.75) is 4.90 Å². The van der Waals surface area contributed by atoms with Gasteiger partial charge in [-0.1, -0.05) is 18.2 Å². The minimum atomic E-state index is -3.61. The highest BCUT2D eigenvalue weighted by Crippen LogP contribution is 2.25. The Morgan fingerprint density at radius 2 is 1.82 bits per heavy atom. The van der Waals surface area contributed by atoms with Crippen molar-refractivity contribution in [3.8, 4) is 0 Å². The van der Waals surface area contributed by atoms with Gasteiger partial charge in [-0.25, -0.2) is 13.4 Å². The fraction of sp³-hybridized carbons (Fsp3) is 0.263. The molecule has 1 amide bonds. The number of H-pyrrole nitrogens is 1.